The molecular weight excluding hydrogens is 466 g/mol. The molecule has 1 amide bonds. The van der Waals surface area contributed by atoms with Crippen LogP contribution in [0.1, 0.15) is 5.56 Å². The Morgan fingerprint density at radius 2 is 1.79 bits per heavy atom. The van der Waals surface area contributed by atoms with Crippen LogP contribution in [0.3, 0.4) is 0 Å². The molecule has 2 fully saturated rings. The summed E-state index contributed by atoms with van der Waals surface area (Å²) in [4.78, 5) is 24.8. The second-order valence-electron chi connectivity index (χ2n) is 8.07. The number of nitrogens with zero attached hydrogens (tertiary/aromatic N) is 5. The van der Waals surface area contributed by atoms with E-state index in [1.165, 1.54) is 0 Å². The number of anilines is 3. The third-order valence-electron chi connectivity index (χ3n) is 5.72. The number of hydrogen-bond acceptors (Lipinski definition) is 8. The van der Waals surface area contributed by atoms with E-state index in [1.54, 1.807) is 23.5 Å². The molecule has 2 saturated heterocycles. The summed E-state index contributed by atoms with van der Waals surface area (Å²) in [6.45, 7) is 5.73. The number of rotatable bonds is 6. The second kappa shape index (κ2) is 10.8. The van der Waals surface area contributed by atoms with E-state index in [9.17, 15) is 4.79 Å². The molecule has 0 spiro atoms. The van der Waals surface area contributed by atoms with Crippen molar-refractivity contribution in [1.82, 2.24) is 15.0 Å². The van der Waals surface area contributed by atoms with E-state index >= 15 is 0 Å². The summed E-state index contributed by atoms with van der Waals surface area (Å²) >= 11 is 3.31. The molecule has 3 aromatic rings. The van der Waals surface area contributed by atoms with Gasteiger partial charge in [0.2, 0.25) is 11.9 Å². The van der Waals surface area contributed by atoms with Gasteiger partial charge in [-0.1, -0.05) is 30.0 Å². The zero-order valence-corrected chi connectivity index (χ0v) is 20.7. The van der Waals surface area contributed by atoms with Crippen molar-refractivity contribution in [2.24, 2.45) is 0 Å². The monoisotopic (exact) mass is 493 g/mol. The number of hydrogen-bond donors (Lipinski definition) is 0. The topological polar surface area (TPSA) is 61.8 Å². The van der Waals surface area contributed by atoms with E-state index in [1.807, 2.05) is 48.4 Å². The molecule has 3 heterocycles. The predicted molar refractivity (Wildman–Crippen MR) is 138 cm³/mol. The molecule has 176 valence electrons. The van der Waals surface area contributed by atoms with Crippen molar-refractivity contribution < 1.29 is 9.53 Å². The molecule has 0 saturated carbocycles. The molecule has 9 heteroatoms. The molecule has 0 unspecified atom stereocenters. The van der Waals surface area contributed by atoms with Gasteiger partial charge in [-0.25, -0.2) is 20.0 Å². The minimum atomic E-state index is 0.178. The third kappa shape index (κ3) is 5.22. The first kappa shape index (κ1) is 23.2. The second-order valence-corrected chi connectivity index (χ2v) is 10.2. The van der Waals surface area contributed by atoms with Crippen LogP contribution < -0.4 is 9.91 Å². The number of benzene rings is 2. The van der Waals surface area contributed by atoms with Crippen LogP contribution in [0.2, 0.25) is 0 Å². The van der Waals surface area contributed by atoms with E-state index in [2.05, 4.69) is 39.3 Å². The minimum Gasteiger partial charge on any atom is -0.379 e. The number of thioether (sulfide) groups is 1. The molecule has 0 atom stereocenters. The van der Waals surface area contributed by atoms with Gasteiger partial charge in [0.15, 0.2) is 0 Å². The van der Waals surface area contributed by atoms with Gasteiger partial charge >= 0.3 is 0 Å². The van der Waals surface area contributed by atoms with Crippen LogP contribution in [0.5, 0.6) is 0 Å². The summed E-state index contributed by atoms with van der Waals surface area (Å²) in [5.74, 6) is 2.36. The van der Waals surface area contributed by atoms with Gasteiger partial charge in [-0.3, -0.25) is 4.79 Å². The predicted octanol–water partition coefficient (Wildman–Crippen LogP) is 4.40. The third-order valence-corrected chi connectivity index (χ3v) is 7.76. The quantitative estimate of drug-likeness (QED) is 0.468. The molecule has 0 radical (unpaired) electrons. The number of para-hydroxylation sites is 1. The highest BCUT2D eigenvalue weighted by molar-refractivity contribution is 8.00. The maximum atomic E-state index is 12.2. The standard InChI is InChI=1S/C25H27N5O2S2/c1-19-17-26-25(30(21-5-3-2-4-6-21)28-11-14-32-15-12-28)27-24(19)34-22-9-7-20(8-10-22)29-13-16-33-18-23(29)31/h2-10,17H,11-16,18H2,1H3. The highest BCUT2D eigenvalue weighted by Gasteiger charge is 2.24. The summed E-state index contributed by atoms with van der Waals surface area (Å²) in [5, 5.41) is 5.24. The van der Waals surface area contributed by atoms with E-state index in [-0.39, 0.29) is 5.91 Å². The Morgan fingerprint density at radius 3 is 2.53 bits per heavy atom. The van der Waals surface area contributed by atoms with Gasteiger partial charge in [-0.2, -0.15) is 11.8 Å². The van der Waals surface area contributed by atoms with Crippen LogP contribution in [0.25, 0.3) is 0 Å². The van der Waals surface area contributed by atoms with Crippen molar-refractivity contribution in [2.45, 2.75) is 16.8 Å². The molecule has 5 rings (SSSR count). The van der Waals surface area contributed by atoms with Crippen molar-refractivity contribution in [3.63, 3.8) is 0 Å². The number of aromatic nitrogens is 2. The number of ether oxygens (including phenoxy) is 1. The van der Waals surface area contributed by atoms with Crippen molar-refractivity contribution in [1.29, 1.82) is 0 Å². The Balaban J connectivity index is 1.40. The molecule has 2 aromatic carbocycles. The molecule has 2 aliphatic rings. The van der Waals surface area contributed by atoms with Gasteiger partial charge in [-0.15, -0.1) is 0 Å². The maximum Gasteiger partial charge on any atom is 0.246 e. The van der Waals surface area contributed by atoms with Crippen LogP contribution in [-0.4, -0.2) is 65.2 Å². The first-order valence-corrected chi connectivity index (χ1v) is 13.3. The molecule has 0 N–H and O–H groups in total. The van der Waals surface area contributed by atoms with Crippen LogP contribution in [0.15, 0.2) is 70.7 Å². The van der Waals surface area contributed by atoms with Crippen molar-refractivity contribution in [2.75, 3.05) is 54.3 Å². The average molecular weight is 494 g/mol. The molecule has 1 aromatic heterocycles. The van der Waals surface area contributed by atoms with Crippen LogP contribution in [-0.2, 0) is 9.53 Å². The summed E-state index contributed by atoms with van der Waals surface area (Å²) < 4.78 is 5.56. The normalized spacial score (nSPS) is 17.1. The lowest BCUT2D eigenvalue weighted by atomic mass is 10.3. The van der Waals surface area contributed by atoms with Crippen molar-refractivity contribution in [3.8, 4) is 0 Å². The molecule has 2 aliphatic heterocycles. The summed E-state index contributed by atoms with van der Waals surface area (Å²) in [7, 11) is 0. The number of aryl methyl sites for hydroxylation is 1. The first-order chi connectivity index (χ1) is 16.7. The van der Waals surface area contributed by atoms with E-state index in [4.69, 9.17) is 9.72 Å². The Bertz CT molecular complexity index is 1120. The zero-order chi connectivity index (χ0) is 23.3. The van der Waals surface area contributed by atoms with Gasteiger partial charge < -0.3 is 9.64 Å². The number of amides is 1. The van der Waals surface area contributed by atoms with Crippen LogP contribution in [0, 0.1) is 6.92 Å². The highest BCUT2D eigenvalue weighted by Crippen LogP contribution is 2.33. The number of morpholine rings is 1. The average Bonchev–Trinajstić information content (AvgIpc) is 2.88. The Labute approximate surface area is 208 Å². The first-order valence-electron chi connectivity index (χ1n) is 11.4. The largest absolute Gasteiger partial charge is 0.379 e. The van der Waals surface area contributed by atoms with Crippen LogP contribution >= 0.6 is 23.5 Å². The fourth-order valence-electron chi connectivity index (χ4n) is 3.95. The number of hydrazine groups is 1. The van der Waals surface area contributed by atoms with E-state index < -0.39 is 0 Å². The van der Waals surface area contributed by atoms with Gasteiger partial charge in [0.05, 0.1) is 24.7 Å². The lowest BCUT2D eigenvalue weighted by molar-refractivity contribution is -0.116. The fraction of sp³-hybridized carbons (Fsp3) is 0.320. The van der Waals surface area contributed by atoms with Crippen LogP contribution in [0.4, 0.5) is 17.3 Å². The molecule has 0 bridgehead atoms. The fourth-order valence-corrected chi connectivity index (χ4v) is 5.57. The maximum absolute atomic E-state index is 12.2. The van der Waals surface area contributed by atoms with E-state index in [0.29, 0.717) is 24.9 Å². The molecule has 34 heavy (non-hydrogen) atoms. The number of carbonyl (C=O) groups is 1. The van der Waals surface area contributed by atoms with Gasteiger partial charge in [0.25, 0.3) is 0 Å². The summed E-state index contributed by atoms with van der Waals surface area (Å²) in [6.07, 6.45) is 1.89. The van der Waals surface area contributed by atoms with Gasteiger partial charge in [-0.05, 0) is 43.3 Å². The smallest absolute Gasteiger partial charge is 0.246 e. The number of carbonyl (C=O) groups excluding carboxylic acids is 1. The Hall–Kier alpha value is -2.59. The van der Waals surface area contributed by atoms with E-state index in [0.717, 1.165) is 52.2 Å². The lowest BCUT2D eigenvalue weighted by Gasteiger charge is -2.37. The molecule has 7 nitrogen and oxygen atoms in total. The highest BCUT2D eigenvalue weighted by atomic mass is 32.2. The molecule has 0 aliphatic carbocycles. The van der Waals surface area contributed by atoms with Gasteiger partial charge in [0, 0.05) is 47.7 Å². The zero-order valence-electron chi connectivity index (χ0n) is 19.1. The van der Waals surface area contributed by atoms with Crippen molar-refractivity contribution >= 4 is 46.8 Å². The van der Waals surface area contributed by atoms with Crippen molar-refractivity contribution in [3.05, 3.63) is 66.4 Å². The Morgan fingerprint density at radius 1 is 1.03 bits per heavy atom. The SMILES string of the molecule is Cc1cnc(N(c2ccccc2)N2CCOCC2)nc1Sc1ccc(N2CCSCC2=O)cc1. The summed E-state index contributed by atoms with van der Waals surface area (Å²) in [6, 6.07) is 18.4. The Kier molecular flexibility index (Phi) is 7.34. The lowest BCUT2D eigenvalue weighted by Crippen LogP contribution is -2.47. The van der Waals surface area contributed by atoms with Gasteiger partial charge in [0.1, 0.15) is 5.03 Å². The molecular formula is C25H27N5O2S2. The minimum absolute atomic E-state index is 0.178. The summed E-state index contributed by atoms with van der Waals surface area (Å²) in [5.41, 5.74) is 3.01.